The van der Waals surface area contributed by atoms with Gasteiger partial charge in [0.05, 0.1) is 18.9 Å². The molecular weight excluding hydrogens is 520 g/mol. The second kappa shape index (κ2) is 13.8. The summed E-state index contributed by atoms with van der Waals surface area (Å²) >= 11 is 0. The molecule has 0 bridgehead atoms. The van der Waals surface area contributed by atoms with E-state index in [0.717, 1.165) is 27.8 Å². The van der Waals surface area contributed by atoms with Gasteiger partial charge in [-0.05, 0) is 53.7 Å². The van der Waals surface area contributed by atoms with Crippen molar-refractivity contribution in [3.05, 3.63) is 107 Å². The molecule has 1 heterocycles. The van der Waals surface area contributed by atoms with E-state index in [1.54, 1.807) is 13.2 Å². The van der Waals surface area contributed by atoms with Crippen LogP contribution in [0.25, 0.3) is 5.76 Å². The van der Waals surface area contributed by atoms with E-state index in [0.29, 0.717) is 24.5 Å². The second-order valence-corrected chi connectivity index (χ2v) is 10.3. The predicted octanol–water partition coefficient (Wildman–Crippen LogP) is 5.72. The first-order chi connectivity index (χ1) is 19.8. The fraction of sp³-hybridized carbons (Fsp3) is 0.303. The van der Waals surface area contributed by atoms with Crippen molar-refractivity contribution in [2.45, 2.75) is 45.6 Å². The molecule has 4 rings (SSSR count). The quantitative estimate of drug-likeness (QED) is 0.296. The van der Waals surface area contributed by atoms with E-state index >= 15 is 0 Å². The minimum Gasteiger partial charge on any atom is -0.481 e. The molecule has 0 spiro atoms. The largest absolute Gasteiger partial charge is 0.481 e. The Kier molecular flexibility index (Phi) is 9.92. The van der Waals surface area contributed by atoms with E-state index in [2.05, 4.69) is 5.32 Å². The number of ether oxygens (including phenoxy) is 1. The summed E-state index contributed by atoms with van der Waals surface area (Å²) in [6, 6.07) is 22.8. The summed E-state index contributed by atoms with van der Waals surface area (Å²) in [5, 5.41) is 13.5. The van der Waals surface area contributed by atoms with Gasteiger partial charge in [-0.2, -0.15) is 5.06 Å². The molecule has 2 N–H and O–H groups in total. The van der Waals surface area contributed by atoms with Crippen molar-refractivity contribution in [2.24, 2.45) is 5.92 Å². The molecule has 0 radical (unpaired) electrons. The molecule has 0 saturated carbocycles. The number of carbonyl (C=O) groups is 3. The Morgan fingerprint density at radius 2 is 1.78 bits per heavy atom. The smallest absolute Gasteiger partial charge is 0.303 e. The summed E-state index contributed by atoms with van der Waals surface area (Å²) in [5.41, 5.74) is 5.00. The van der Waals surface area contributed by atoms with E-state index in [1.165, 1.54) is 5.06 Å². The molecular formula is C33H36N2O6. The predicted molar refractivity (Wildman–Crippen MR) is 157 cm³/mol. The Hall–Kier alpha value is -4.43. The van der Waals surface area contributed by atoms with Crippen LogP contribution < -0.4 is 5.32 Å². The van der Waals surface area contributed by atoms with Gasteiger partial charge in [0, 0.05) is 31.4 Å². The molecule has 214 valence electrons. The van der Waals surface area contributed by atoms with Crippen LogP contribution in [-0.2, 0) is 36.9 Å². The van der Waals surface area contributed by atoms with Crippen LogP contribution in [0.15, 0.2) is 78.9 Å². The van der Waals surface area contributed by atoms with E-state index in [1.807, 2.05) is 86.6 Å². The van der Waals surface area contributed by atoms with Crippen molar-refractivity contribution < 1.29 is 29.1 Å². The standard InChI is InChI=1S/C33H36N2O6/c1-22(21-40-3)32(33(39)34-28-11-7-10-25(23(28)2)16-19-31(37)38)27-14-12-24(13-15-27)20-35-30(36)18-17-29(41-35)26-8-5-4-6-9-26/h4-15,17,22,32H,16,18-21H2,1-3H3,(H,34,39)(H,37,38). The minimum absolute atomic E-state index is 0.0238. The number of hydroxylamine groups is 2. The molecule has 0 aromatic heterocycles. The summed E-state index contributed by atoms with van der Waals surface area (Å²) in [4.78, 5) is 43.2. The Morgan fingerprint density at radius 1 is 1.05 bits per heavy atom. The maximum atomic E-state index is 13.6. The van der Waals surface area contributed by atoms with Crippen LogP contribution in [0, 0.1) is 12.8 Å². The second-order valence-electron chi connectivity index (χ2n) is 10.3. The van der Waals surface area contributed by atoms with E-state index in [9.17, 15) is 14.4 Å². The molecule has 2 unspecified atom stereocenters. The number of aliphatic carboxylic acids is 1. The Bertz CT molecular complexity index is 1400. The van der Waals surface area contributed by atoms with Gasteiger partial charge in [-0.1, -0.05) is 73.7 Å². The lowest BCUT2D eigenvalue weighted by molar-refractivity contribution is -0.168. The number of nitrogens with one attached hydrogen (secondary N) is 1. The highest BCUT2D eigenvalue weighted by molar-refractivity contribution is 5.96. The molecule has 41 heavy (non-hydrogen) atoms. The lowest BCUT2D eigenvalue weighted by Crippen LogP contribution is -2.32. The Labute approximate surface area is 240 Å². The first-order valence-corrected chi connectivity index (χ1v) is 13.7. The molecule has 2 amide bonds. The van der Waals surface area contributed by atoms with E-state index in [-0.39, 0.29) is 37.1 Å². The third kappa shape index (κ3) is 7.61. The molecule has 3 aromatic carbocycles. The van der Waals surface area contributed by atoms with Crippen LogP contribution in [0.5, 0.6) is 0 Å². The minimum atomic E-state index is -0.861. The first-order valence-electron chi connectivity index (χ1n) is 13.7. The van der Waals surface area contributed by atoms with Crippen molar-refractivity contribution in [3.63, 3.8) is 0 Å². The summed E-state index contributed by atoms with van der Waals surface area (Å²) in [6.07, 6.45) is 2.47. The normalized spacial score (nSPS) is 14.6. The lowest BCUT2D eigenvalue weighted by Gasteiger charge is -2.28. The molecule has 0 fully saturated rings. The number of carbonyl (C=O) groups excluding carboxylic acids is 2. The fourth-order valence-electron chi connectivity index (χ4n) is 5.02. The van der Waals surface area contributed by atoms with Crippen LogP contribution in [0.1, 0.15) is 53.5 Å². The number of hydrogen-bond acceptors (Lipinski definition) is 5. The third-order valence-corrected chi connectivity index (χ3v) is 7.27. The van der Waals surface area contributed by atoms with Crippen LogP contribution in [0.4, 0.5) is 5.69 Å². The van der Waals surface area contributed by atoms with Gasteiger partial charge in [-0.15, -0.1) is 0 Å². The Morgan fingerprint density at radius 3 is 2.46 bits per heavy atom. The molecule has 1 aliphatic rings. The van der Waals surface area contributed by atoms with Crippen molar-refractivity contribution in [3.8, 4) is 0 Å². The zero-order valence-corrected chi connectivity index (χ0v) is 23.6. The van der Waals surface area contributed by atoms with E-state index in [4.69, 9.17) is 14.7 Å². The lowest BCUT2D eigenvalue weighted by atomic mass is 9.86. The Balaban J connectivity index is 1.49. The van der Waals surface area contributed by atoms with Crippen LogP contribution in [-0.4, -0.2) is 41.7 Å². The van der Waals surface area contributed by atoms with E-state index < -0.39 is 11.9 Å². The summed E-state index contributed by atoms with van der Waals surface area (Å²) in [5.74, 6) is -1.12. The number of benzene rings is 3. The monoisotopic (exact) mass is 556 g/mol. The van der Waals surface area contributed by atoms with Gasteiger partial charge < -0.3 is 20.0 Å². The number of amides is 2. The van der Waals surface area contributed by atoms with Gasteiger partial charge in [0.25, 0.3) is 5.91 Å². The summed E-state index contributed by atoms with van der Waals surface area (Å²) < 4.78 is 5.38. The number of carboxylic acids is 1. The van der Waals surface area contributed by atoms with Crippen LogP contribution >= 0.6 is 0 Å². The molecule has 8 heteroatoms. The number of carboxylic acid groups (broad SMARTS) is 1. The van der Waals surface area contributed by atoms with Gasteiger partial charge >= 0.3 is 5.97 Å². The SMILES string of the molecule is COCC(C)C(C(=O)Nc1cccc(CCC(=O)O)c1C)c1ccc(CN2OC(c3ccccc3)=CCC2=O)cc1. The zero-order valence-electron chi connectivity index (χ0n) is 23.6. The van der Waals surface area contributed by atoms with Crippen molar-refractivity contribution in [1.29, 1.82) is 0 Å². The van der Waals surface area contributed by atoms with Crippen LogP contribution in [0.2, 0.25) is 0 Å². The maximum absolute atomic E-state index is 13.6. The molecule has 2 atom stereocenters. The van der Waals surface area contributed by atoms with Gasteiger partial charge in [0.1, 0.15) is 0 Å². The number of rotatable bonds is 12. The highest BCUT2D eigenvalue weighted by Crippen LogP contribution is 2.30. The first kappa shape index (κ1) is 29.6. The molecule has 3 aromatic rings. The molecule has 0 saturated heterocycles. The summed E-state index contributed by atoms with van der Waals surface area (Å²) in [6.45, 7) is 4.52. The highest BCUT2D eigenvalue weighted by atomic mass is 16.7. The van der Waals surface area contributed by atoms with Gasteiger partial charge in [-0.25, -0.2) is 0 Å². The number of nitrogens with zero attached hydrogens (tertiary/aromatic N) is 1. The average Bonchev–Trinajstić information content (AvgIpc) is 2.96. The number of aryl methyl sites for hydroxylation is 1. The highest BCUT2D eigenvalue weighted by Gasteiger charge is 2.28. The zero-order chi connectivity index (χ0) is 29.4. The van der Waals surface area contributed by atoms with Gasteiger partial charge in [0.2, 0.25) is 5.91 Å². The van der Waals surface area contributed by atoms with Crippen molar-refractivity contribution >= 4 is 29.2 Å². The maximum Gasteiger partial charge on any atom is 0.303 e. The number of anilines is 1. The van der Waals surface area contributed by atoms with Crippen LogP contribution in [0.3, 0.4) is 0 Å². The molecule has 8 nitrogen and oxygen atoms in total. The molecule has 0 aliphatic carbocycles. The fourth-order valence-corrected chi connectivity index (χ4v) is 5.02. The number of hydrogen-bond donors (Lipinski definition) is 2. The van der Waals surface area contributed by atoms with Gasteiger partial charge in [-0.3, -0.25) is 14.4 Å². The van der Waals surface area contributed by atoms with Crippen molar-refractivity contribution in [1.82, 2.24) is 5.06 Å². The van der Waals surface area contributed by atoms with Gasteiger partial charge in [0.15, 0.2) is 5.76 Å². The summed E-state index contributed by atoms with van der Waals surface area (Å²) in [7, 11) is 1.61. The average molecular weight is 557 g/mol. The number of methoxy groups -OCH3 is 1. The van der Waals surface area contributed by atoms with Crippen molar-refractivity contribution in [2.75, 3.05) is 19.0 Å². The third-order valence-electron chi connectivity index (χ3n) is 7.27. The topological polar surface area (TPSA) is 105 Å². The molecule has 1 aliphatic heterocycles.